The number of nitrogens with zero attached hydrogens (tertiary/aromatic N) is 2. The third-order valence-corrected chi connectivity index (χ3v) is 9.81. The Hall–Kier alpha value is -3.00. The molecule has 2 heterocycles. The van der Waals surface area contributed by atoms with Crippen LogP contribution in [0.2, 0.25) is 0 Å². The molecule has 1 fully saturated rings. The first-order chi connectivity index (χ1) is 16.0. The largest absolute Gasteiger partial charge is 0.497 e. The molecule has 1 saturated heterocycles. The highest BCUT2D eigenvalue weighted by Crippen LogP contribution is 2.43. The second kappa shape index (κ2) is 8.65. The van der Waals surface area contributed by atoms with Crippen LogP contribution in [-0.2, 0) is 9.84 Å². The molecule has 0 bridgehead atoms. The van der Waals surface area contributed by atoms with Gasteiger partial charge in [-0.3, -0.25) is 0 Å². The monoisotopic (exact) mass is 484 g/mol. The zero-order chi connectivity index (χ0) is 24.7. The highest BCUT2D eigenvalue weighted by atomic mass is 32.2. The van der Waals surface area contributed by atoms with Crippen LogP contribution in [0.25, 0.3) is 16.9 Å². The van der Waals surface area contributed by atoms with Crippen LogP contribution in [0.15, 0.2) is 54.6 Å². The van der Waals surface area contributed by atoms with Crippen LogP contribution in [0.1, 0.15) is 40.5 Å². The summed E-state index contributed by atoms with van der Waals surface area (Å²) in [6.07, 6.45) is 0.522. The number of para-hydroxylation sites is 2. The van der Waals surface area contributed by atoms with Crippen LogP contribution in [0, 0.1) is 0 Å². The van der Waals surface area contributed by atoms with Gasteiger partial charge in [-0.1, -0.05) is 12.1 Å². The van der Waals surface area contributed by atoms with E-state index in [4.69, 9.17) is 19.3 Å². The molecule has 1 aliphatic heterocycles. The van der Waals surface area contributed by atoms with Crippen LogP contribution in [-0.4, -0.2) is 48.0 Å². The predicted octanol–water partition coefficient (Wildman–Crippen LogP) is 5.07. The summed E-state index contributed by atoms with van der Waals surface area (Å²) in [7, 11) is -0.0462. The second-order valence-electron chi connectivity index (χ2n) is 9.85. The van der Waals surface area contributed by atoms with Gasteiger partial charge < -0.3 is 14.2 Å². The maximum Gasteiger partial charge on any atom is 0.234 e. The van der Waals surface area contributed by atoms with E-state index in [0.29, 0.717) is 24.5 Å². The van der Waals surface area contributed by atoms with Gasteiger partial charge in [-0.05, 0) is 64.1 Å². The summed E-state index contributed by atoms with van der Waals surface area (Å²) < 4.78 is 43.3. The van der Waals surface area contributed by atoms with E-state index in [1.165, 1.54) is 0 Å². The molecule has 0 radical (unpaired) electrons. The normalized spacial score (nSPS) is 18.9. The summed E-state index contributed by atoms with van der Waals surface area (Å²) in [4.78, 5) is 0. The molecule has 34 heavy (non-hydrogen) atoms. The Bertz CT molecular complexity index is 1250. The van der Waals surface area contributed by atoms with Gasteiger partial charge in [-0.2, -0.15) is 0 Å². The zero-order valence-corrected chi connectivity index (χ0v) is 21.3. The van der Waals surface area contributed by atoms with Crippen molar-refractivity contribution < 1.29 is 22.6 Å². The van der Waals surface area contributed by atoms with Crippen molar-refractivity contribution in [2.45, 2.75) is 56.1 Å². The molecule has 0 saturated carbocycles. The van der Waals surface area contributed by atoms with Gasteiger partial charge in [-0.15, -0.1) is 5.10 Å². The Morgan fingerprint density at radius 3 is 2.12 bits per heavy atom. The summed E-state index contributed by atoms with van der Waals surface area (Å²) in [6, 6.07) is 17.2. The van der Waals surface area contributed by atoms with Crippen molar-refractivity contribution in [2.24, 2.45) is 0 Å². The van der Waals surface area contributed by atoms with Gasteiger partial charge in [0.1, 0.15) is 23.3 Å². The minimum Gasteiger partial charge on any atom is -0.497 e. The second-order valence-corrected chi connectivity index (χ2v) is 13.1. The van der Waals surface area contributed by atoms with Crippen LogP contribution in [0.5, 0.6) is 17.4 Å². The summed E-state index contributed by atoms with van der Waals surface area (Å²) in [5.41, 5.74) is 2.53. The minimum atomic E-state index is -3.30. The van der Waals surface area contributed by atoms with E-state index in [1.54, 1.807) is 46.6 Å². The Morgan fingerprint density at radius 1 is 0.912 bits per heavy atom. The van der Waals surface area contributed by atoms with E-state index >= 15 is 0 Å². The fourth-order valence-electron chi connectivity index (χ4n) is 4.76. The van der Waals surface area contributed by atoms with Crippen LogP contribution < -0.4 is 14.2 Å². The summed E-state index contributed by atoms with van der Waals surface area (Å²) in [5, 5.41) is 4.77. The van der Waals surface area contributed by atoms with E-state index in [1.807, 2.05) is 54.6 Å². The first-order valence-corrected chi connectivity index (χ1v) is 12.8. The molecule has 2 aromatic carbocycles. The van der Waals surface area contributed by atoms with Crippen LogP contribution >= 0.6 is 0 Å². The quantitative estimate of drug-likeness (QED) is 0.486. The molecule has 0 amide bonds. The molecule has 1 aliphatic rings. The molecule has 8 heteroatoms. The van der Waals surface area contributed by atoms with E-state index < -0.39 is 19.3 Å². The average molecular weight is 485 g/mol. The molecule has 4 rings (SSSR count). The lowest BCUT2D eigenvalue weighted by Gasteiger charge is -2.43. The van der Waals surface area contributed by atoms with Crippen molar-refractivity contribution in [1.82, 2.24) is 9.78 Å². The van der Waals surface area contributed by atoms with Gasteiger partial charge in [0, 0.05) is 24.5 Å². The number of ether oxygens (including phenoxy) is 3. The highest BCUT2D eigenvalue weighted by molar-refractivity contribution is 7.94. The number of benzene rings is 2. The maximum atomic E-state index is 13.0. The molecule has 182 valence electrons. The minimum absolute atomic E-state index is 0.279. The smallest absolute Gasteiger partial charge is 0.234 e. The summed E-state index contributed by atoms with van der Waals surface area (Å²) in [5.74, 6) is 1.88. The van der Waals surface area contributed by atoms with Crippen LogP contribution in [0.4, 0.5) is 0 Å². The molecule has 3 aromatic rings. The van der Waals surface area contributed by atoms with E-state index in [-0.39, 0.29) is 6.10 Å². The third-order valence-electron chi connectivity index (χ3n) is 6.57. The van der Waals surface area contributed by atoms with Crippen LogP contribution in [0.3, 0.4) is 0 Å². The van der Waals surface area contributed by atoms with E-state index in [0.717, 1.165) is 22.7 Å². The van der Waals surface area contributed by atoms with E-state index in [9.17, 15) is 8.42 Å². The highest BCUT2D eigenvalue weighted by Gasteiger charge is 2.53. The van der Waals surface area contributed by atoms with Crippen molar-refractivity contribution in [2.75, 3.05) is 14.2 Å². The van der Waals surface area contributed by atoms with E-state index in [2.05, 4.69) is 0 Å². The van der Waals surface area contributed by atoms with Crippen molar-refractivity contribution in [3.63, 3.8) is 0 Å². The molecule has 0 atom stereocenters. The number of methoxy groups -OCH3 is 2. The summed E-state index contributed by atoms with van der Waals surface area (Å²) in [6.45, 7) is 7.09. The Labute approximate surface area is 201 Å². The lowest BCUT2D eigenvalue weighted by atomic mass is 9.95. The fraction of sp³-hybridized carbons (Fsp3) is 0.423. The number of hydrogen-bond donors (Lipinski definition) is 0. The molecule has 1 aromatic heterocycles. The lowest BCUT2D eigenvalue weighted by Crippen LogP contribution is -2.55. The first-order valence-electron chi connectivity index (χ1n) is 11.3. The molecular formula is C26H32N2O5S. The van der Waals surface area contributed by atoms with Crippen molar-refractivity contribution in [1.29, 1.82) is 0 Å². The van der Waals surface area contributed by atoms with Gasteiger partial charge in [-0.25, -0.2) is 13.1 Å². The van der Waals surface area contributed by atoms with Crippen molar-refractivity contribution >= 4 is 9.84 Å². The number of aromatic nitrogens is 2. The van der Waals surface area contributed by atoms with Gasteiger partial charge in [0.05, 0.1) is 29.4 Å². The van der Waals surface area contributed by atoms with Gasteiger partial charge in [0.2, 0.25) is 5.88 Å². The van der Waals surface area contributed by atoms with Gasteiger partial charge in [0.25, 0.3) is 0 Å². The Balaban J connectivity index is 1.75. The third kappa shape index (κ3) is 4.15. The topological polar surface area (TPSA) is 79.7 Å². The standard InChI is InChI=1S/C26H32N2O5S/c1-25(2)16-20(17-26(3,4)34(25,29)30)33-24-15-22(18-11-13-19(31-5)14-12-18)28(27-24)21-9-7-8-10-23(21)32-6/h7-15,20H,16-17H2,1-6H3. The first kappa shape index (κ1) is 24.1. The number of rotatable bonds is 6. The molecule has 0 spiro atoms. The van der Waals surface area contributed by atoms with Gasteiger partial charge in [0.15, 0.2) is 9.84 Å². The SMILES string of the molecule is COc1ccc(-c2cc(OC3CC(C)(C)S(=O)(=O)C(C)(C)C3)nn2-c2ccccc2OC)cc1. The van der Waals surface area contributed by atoms with Crippen molar-refractivity contribution in [3.05, 3.63) is 54.6 Å². The van der Waals surface area contributed by atoms with Gasteiger partial charge >= 0.3 is 0 Å². The number of hydrogen-bond acceptors (Lipinski definition) is 6. The van der Waals surface area contributed by atoms with Crippen molar-refractivity contribution in [3.8, 4) is 34.3 Å². The number of sulfone groups is 1. The Morgan fingerprint density at radius 2 is 1.53 bits per heavy atom. The fourth-order valence-corrected chi connectivity index (χ4v) is 7.07. The zero-order valence-electron chi connectivity index (χ0n) is 20.5. The maximum absolute atomic E-state index is 13.0. The lowest BCUT2D eigenvalue weighted by molar-refractivity contribution is 0.138. The molecule has 7 nitrogen and oxygen atoms in total. The summed E-state index contributed by atoms with van der Waals surface area (Å²) >= 11 is 0. The molecular weight excluding hydrogens is 452 g/mol. The molecule has 0 N–H and O–H groups in total. The average Bonchev–Trinajstić information content (AvgIpc) is 3.20. The predicted molar refractivity (Wildman–Crippen MR) is 133 cm³/mol. The Kier molecular flexibility index (Phi) is 6.14. The molecule has 0 unspecified atom stereocenters. The molecule has 0 aliphatic carbocycles.